The second kappa shape index (κ2) is 9.39. The molecule has 0 aliphatic heterocycles. The van der Waals surface area contributed by atoms with Crippen molar-refractivity contribution in [1.29, 1.82) is 0 Å². The van der Waals surface area contributed by atoms with Crippen molar-refractivity contribution in [3.63, 3.8) is 0 Å². The molecule has 1 aromatic carbocycles. The van der Waals surface area contributed by atoms with Crippen molar-refractivity contribution in [3.8, 4) is 0 Å². The molecular weight excluding hydrogens is 361 g/mol. The van der Waals surface area contributed by atoms with Crippen LogP contribution in [0.25, 0.3) is 0 Å². The summed E-state index contributed by atoms with van der Waals surface area (Å²) >= 11 is 12.0. The van der Waals surface area contributed by atoms with E-state index < -0.39 is 0 Å². The molecule has 0 fully saturated rings. The summed E-state index contributed by atoms with van der Waals surface area (Å²) < 4.78 is 0. The number of nitrogens with one attached hydrogen (secondary N) is 2. The van der Waals surface area contributed by atoms with Gasteiger partial charge in [-0.3, -0.25) is 14.6 Å². The van der Waals surface area contributed by atoms with E-state index in [9.17, 15) is 9.59 Å². The molecule has 2 amide bonds. The first-order chi connectivity index (χ1) is 12.0. The highest BCUT2D eigenvalue weighted by atomic mass is 35.5. The van der Waals surface area contributed by atoms with E-state index in [1.54, 1.807) is 30.5 Å². The van der Waals surface area contributed by atoms with Crippen LogP contribution in [0.5, 0.6) is 0 Å². The van der Waals surface area contributed by atoms with E-state index in [4.69, 9.17) is 23.2 Å². The lowest BCUT2D eigenvalue weighted by molar-refractivity contribution is -0.124. The maximum Gasteiger partial charge on any atom is 0.252 e. The Morgan fingerprint density at radius 3 is 2.60 bits per heavy atom. The van der Waals surface area contributed by atoms with Crippen LogP contribution >= 0.6 is 23.2 Å². The molecule has 1 aromatic heterocycles. The van der Waals surface area contributed by atoms with Gasteiger partial charge in [-0.15, -0.1) is 0 Å². The molecule has 0 saturated heterocycles. The number of amides is 2. The smallest absolute Gasteiger partial charge is 0.252 e. The summed E-state index contributed by atoms with van der Waals surface area (Å²) in [5.74, 6) is -0.558. The van der Waals surface area contributed by atoms with Crippen LogP contribution in [0.1, 0.15) is 22.8 Å². The number of hydrogen-bond donors (Lipinski definition) is 2. The van der Waals surface area contributed by atoms with Crippen molar-refractivity contribution in [2.45, 2.75) is 13.3 Å². The van der Waals surface area contributed by atoms with E-state index in [0.717, 1.165) is 5.56 Å². The zero-order chi connectivity index (χ0) is 18.2. The fourth-order valence-electron chi connectivity index (χ4n) is 2.24. The van der Waals surface area contributed by atoms with E-state index in [2.05, 4.69) is 15.6 Å². The SMILES string of the molecule is CC(Cc1ccc(Cl)cc1Cl)C(=O)NCCNC(=O)c1cccnc1. The van der Waals surface area contributed by atoms with Gasteiger partial charge in [-0.1, -0.05) is 36.2 Å². The molecule has 0 aliphatic carbocycles. The lowest BCUT2D eigenvalue weighted by Crippen LogP contribution is -2.37. The Morgan fingerprint density at radius 1 is 1.16 bits per heavy atom. The Labute approximate surface area is 156 Å². The molecule has 2 aromatic rings. The van der Waals surface area contributed by atoms with Crippen LogP contribution in [0.15, 0.2) is 42.7 Å². The minimum absolute atomic E-state index is 0.0957. The van der Waals surface area contributed by atoms with Crippen molar-refractivity contribution < 1.29 is 9.59 Å². The van der Waals surface area contributed by atoms with E-state index in [1.807, 2.05) is 13.0 Å². The molecule has 132 valence electrons. The molecule has 0 saturated carbocycles. The van der Waals surface area contributed by atoms with Gasteiger partial charge in [0.05, 0.1) is 5.56 Å². The third-order valence-electron chi connectivity index (χ3n) is 3.62. The van der Waals surface area contributed by atoms with Crippen LogP contribution in [-0.2, 0) is 11.2 Å². The van der Waals surface area contributed by atoms with Gasteiger partial charge in [0.1, 0.15) is 0 Å². The lowest BCUT2D eigenvalue weighted by atomic mass is 10.0. The molecule has 5 nitrogen and oxygen atoms in total. The highest BCUT2D eigenvalue weighted by Crippen LogP contribution is 2.23. The number of aromatic nitrogens is 1. The number of benzene rings is 1. The Morgan fingerprint density at radius 2 is 1.92 bits per heavy atom. The largest absolute Gasteiger partial charge is 0.354 e. The summed E-state index contributed by atoms with van der Waals surface area (Å²) in [6.45, 7) is 2.52. The fourth-order valence-corrected chi connectivity index (χ4v) is 2.73. The van der Waals surface area contributed by atoms with Gasteiger partial charge in [-0.2, -0.15) is 0 Å². The molecule has 1 unspecified atom stereocenters. The van der Waals surface area contributed by atoms with Gasteiger partial charge in [-0.05, 0) is 36.2 Å². The lowest BCUT2D eigenvalue weighted by Gasteiger charge is -2.13. The average molecular weight is 380 g/mol. The van der Waals surface area contributed by atoms with Crippen molar-refractivity contribution in [2.24, 2.45) is 5.92 Å². The highest BCUT2D eigenvalue weighted by molar-refractivity contribution is 6.35. The highest BCUT2D eigenvalue weighted by Gasteiger charge is 2.15. The average Bonchev–Trinajstić information content (AvgIpc) is 2.61. The third kappa shape index (κ3) is 6.03. The molecule has 0 aliphatic rings. The van der Waals surface area contributed by atoms with Gasteiger partial charge in [-0.25, -0.2) is 0 Å². The summed E-state index contributed by atoms with van der Waals surface area (Å²) in [7, 11) is 0. The summed E-state index contributed by atoms with van der Waals surface area (Å²) in [5, 5.41) is 6.65. The first-order valence-corrected chi connectivity index (χ1v) is 8.63. The second-order valence-corrected chi connectivity index (χ2v) is 6.47. The molecule has 0 radical (unpaired) electrons. The van der Waals surface area contributed by atoms with Gasteiger partial charge in [0, 0.05) is 41.4 Å². The number of pyridine rings is 1. The maximum absolute atomic E-state index is 12.1. The van der Waals surface area contributed by atoms with Crippen LogP contribution in [0, 0.1) is 5.92 Å². The van der Waals surface area contributed by atoms with Crippen LogP contribution < -0.4 is 10.6 Å². The van der Waals surface area contributed by atoms with Gasteiger partial charge >= 0.3 is 0 Å². The number of rotatable bonds is 7. The number of halogens is 2. The third-order valence-corrected chi connectivity index (χ3v) is 4.21. The van der Waals surface area contributed by atoms with Crippen molar-refractivity contribution >= 4 is 35.0 Å². The Balaban J connectivity index is 1.73. The first-order valence-electron chi connectivity index (χ1n) is 7.87. The van der Waals surface area contributed by atoms with Gasteiger partial charge < -0.3 is 10.6 Å². The monoisotopic (exact) mass is 379 g/mol. The Kier molecular flexibility index (Phi) is 7.22. The van der Waals surface area contributed by atoms with Crippen LogP contribution in [0.2, 0.25) is 10.0 Å². The van der Waals surface area contributed by atoms with E-state index in [-0.39, 0.29) is 17.7 Å². The zero-order valence-electron chi connectivity index (χ0n) is 13.8. The quantitative estimate of drug-likeness (QED) is 0.726. The molecule has 2 rings (SSSR count). The number of carbonyl (C=O) groups excluding carboxylic acids is 2. The van der Waals surface area contributed by atoms with Gasteiger partial charge in [0.25, 0.3) is 5.91 Å². The predicted molar refractivity (Wildman–Crippen MR) is 98.9 cm³/mol. The van der Waals surface area contributed by atoms with E-state index in [1.165, 1.54) is 6.20 Å². The topological polar surface area (TPSA) is 71.1 Å². The van der Waals surface area contributed by atoms with Crippen molar-refractivity contribution in [1.82, 2.24) is 15.6 Å². The summed E-state index contributed by atoms with van der Waals surface area (Å²) in [6, 6.07) is 8.61. The molecule has 7 heteroatoms. The molecule has 0 spiro atoms. The minimum atomic E-state index is -0.243. The zero-order valence-corrected chi connectivity index (χ0v) is 15.3. The van der Waals surface area contributed by atoms with Crippen molar-refractivity contribution in [3.05, 3.63) is 63.9 Å². The predicted octanol–water partition coefficient (Wildman–Crippen LogP) is 3.11. The number of nitrogens with zero attached hydrogens (tertiary/aromatic N) is 1. The summed E-state index contributed by atoms with van der Waals surface area (Å²) in [5.41, 5.74) is 1.36. The fraction of sp³-hybridized carbons (Fsp3) is 0.278. The van der Waals surface area contributed by atoms with Crippen LogP contribution in [0.3, 0.4) is 0 Å². The van der Waals surface area contributed by atoms with Crippen LogP contribution in [0.4, 0.5) is 0 Å². The van der Waals surface area contributed by atoms with E-state index >= 15 is 0 Å². The molecule has 25 heavy (non-hydrogen) atoms. The molecule has 2 N–H and O–H groups in total. The van der Waals surface area contributed by atoms with E-state index in [0.29, 0.717) is 35.1 Å². The Bertz CT molecular complexity index is 738. The summed E-state index contributed by atoms with van der Waals surface area (Å²) in [4.78, 5) is 27.9. The Hall–Kier alpha value is -2.11. The number of hydrogen-bond acceptors (Lipinski definition) is 3. The minimum Gasteiger partial charge on any atom is -0.354 e. The van der Waals surface area contributed by atoms with Crippen LogP contribution in [-0.4, -0.2) is 29.9 Å². The molecule has 1 atom stereocenters. The first kappa shape index (κ1) is 19.2. The van der Waals surface area contributed by atoms with Crippen molar-refractivity contribution in [2.75, 3.05) is 13.1 Å². The molecular formula is C18H19Cl2N3O2. The summed E-state index contributed by atoms with van der Waals surface area (Å²) in [6.07, 6.45) is 3.61. The van der Waals surface area contributed by atoms with Gasteiger partial charge in [0.2, 0.25) is 5.91 Å². The second-order valence-electron chi connectivity index (χ2n) is 5.63. The van der Waals surface area contributed by atoms with Gasteiger partial charge in [0.15, 0.2) is 0 Å². The standard InChI is InChI=1S/C18H19Cl2N3O2/c1-12(9-13-4-5-15(19)10-16(13)20)17(24)22-7-8-23-18(25)14-3-2-6-21-11-14/h2-6,10-12H,7-9H2,1H3,(H,22,24)(H,23,25). The normalized spacial score (nSPS) is 11.6. The maximum atomic E-state index is 12.1. The molecule has 1 heterocycles. The number of carbonyl (C=O) groups is 2. The molecule has 0 bridgehead atoms.